The van der Waals surface area contributed by atoms with Crippen LogP contribution in [0.3, 0.4) is 0 Å². The predicted molar refractivity (Wildman–Crippen MR) is 90.7 cm³/mol. The van der Waals surface area contributed by atoms with Crippen molar-refractivity contribution in [3.05, 3.63) is 16.1 Å². The molecule has 1 N–H and O–H groups in total. The number of rotatable bonds is 6. The molecule has 130 valence electrons. The van der Waals surface area contributed by atoms with Gasteiger partial charge >= 0.3 is 0 Å². The fourth-order valence-corrected chi connectivity index (χ4v) is 4.20. The molecule has 2 aliphatic heterocycles. The molecule has 2 saturated heterocycles. The quantitative estimate of drug-likeness (QED) is 0.861. The van der Waals surface area contributed by atoms with Crippen molar-refractivity contribution < 1.29 is 14.6 Å². The van der Waals surface area contributed by atoms with E-state index in [2.05, 4.69) is 15.3 Å². The summed E-state index contributed by atoms with van der Waals surface area (Å²) in [6.07, 6.45) is 5.69. The number of hydrogen-bond acceptors (Lipinski definition) is 6. The molecule has 0 radical (unpaired) electrons. The molecule has 2 aliphatic rings. The predicted octanol–water partition coefficient (Wildman–Crippen LogP) is 2.36. The third-order valence-corrected chi connectivity index (χ3v) is 5.75. The molecule has 0 bridgehead atoms. The average Bonchev–Trinajstić information content (AvgIpc) is 2.95. The molecule has 6 heteroatoms. The van der Waals surface area contributed by atoms with E-state index in [0.717, 1.165) is 69.2 Å². The van der Waals surface area contributed by atoms with Gasteiger partial charge in [-0.1, -0.05) is 0 Å². The molecule has 23 heavy (non-hydrogen) atoms. The SMILES string of the molecule is Cc1csc(CC2(O)CCN(CCOC3CCCCO3)CC2)n1. The molecule has 0 saturated carbocycles. The summed E-state index contributed by atoms with van der Waals surface area (Å²) in [7, 11) is 0. The Morgan fingerprint density at radius 1 is 1.43 bits per heavy atom. The third kappa shape index (κ3) is 5.22. The van der Waals surface area contributed by atoms with Gasteiger partial charge in [0.25, 0.3) is 0 Å². The van der Waals surface area contributed by atoms with Gasteiger partial charge in [-0.2, -0.15) is 0 Å². The first-order valence-electron chi connectivity index (χ1n) is 8.72. The Bertz CT molecular complexity index is 480. The van der Waals surface area contributed by atoms with Gasteiger partial charge < -0.3 is 19.5 Å². The fraction of sp³-hybridized carbons (Fsp3) is 0.824. The normalized spacial score (nSPS) is 25.6. The largest absolute Gasteiger partial charge is 0.389 e. The van der Waals surface area contributed by atoms with Gasteiger partial charge in [0.2, 0.25) is 0 Å². The van der Waals surface area contributed by atoms with E-state index in [1.165, 1.54) is 6.42 Å². The lowest BCUT2D eigenvalue weighted by molar-refractivity contribution is -0.165. The molecule has 0 aliphatic carbocycles. The number of ether oxygens (including phenoxy) is 2. The third-order valence-electron chi connectivity index (χ3n) is 4.78. The van der Waals surface area contributed by atoms with Gasteiger partial charge in [-0.3, -0.25) is 0 Å². The van der Waals surface area contributed by atoms with E-state index in [4.69, 9.17) is 9.47 Å². The van der Waals surface area contributed by atoms with Crippen LogP contribution in [0.1, 0.15) is 42.8 Å². The van der Waals surface area contributed by atoms with E-state index < -0.39 is 5.60 Å². The second kappa shape index (κ2) is 8.03. The molecule has 0 amide bonds. The van der Waals surface area contributed by atoms with Crippen LogP contribution < -0.4 is 0 Å². The van der Waals surface area contributed by atoms with Crippen LogP contribution in [-0.2, 0) is 15.9 Å². The molecule has 1 unspecified atom stereocenters. The van der Waals surface area contributed by atoms with Gasteiger partial charge in [-0.05, 0) is 39.0 Å². The number of thiazole rings is 1. The molecule has 1 aromatic rings. The maximum absolute atomic E-state index is 10.8. The van der Waals surface area contributed by atoms with Gasteiger partial charge in [0, 0.05) is 43.7 Å². The number of nitrogens with zero attached hydrogens (tertiary/aromatic N) is 2. The number of hydrogen-bond donors (Lipinski definition) is 1. The second-order valence-electron chi connectivity index (χ2n) is 6.79. The molecule has 2 fully saturated rings. The van der Waals surface area contributed by atoms with Crippen LogP contribution in [0.25, 0.3) is 0 Å². The maximum Gasteiger partial charge on any atom is 0.157 e. The molecular formula is C17H28N2O3S. The Balaban J connectivity index is 1.36. The molecule has 5 nitrogen and oxygen atoms in total. The summed E-state index contributed by atoms with van der Waals surface area (Å²) in [4.78, 5) is 6.86. The smallest absolute Gasteiger partial charge is 0.157 e. The Morgan fingerprint density at radius 2 is 2.26 bits per heavy atom. The van der Waals surface area contributed by atoms with Crippen LogP contribution in [0.2, 0.25) is 0 Å². The average molecular weight is 340 g/mol. The van der Waals surface area contributed by atoms with Crippen LogP contribution in [0.15, 0.2) is 5.38 Å². The summed E-state index contributed by atoms with van der Waals surface area (Å²) < 4.78 is 11.4. The van der Waals surface area contributed by atoms with E-state index in [1.807, 2.05) is 6.92 Å². The lowest BCUT2D eigenvalue weighted by Gasteiger charge is -2.38. The van der Waals surface area contributed by atoms with Crippen molar-refractivity contribution >= 4 is 11.3 Å². The Morgan fingerprint density at radius 3 is 2.91 bits per heavy atom. The summed E-state index contributed by atoms with van der Waals surface area (Å²) in [5.41, 5.74) is 0.460. The minimum Gasteiger partial charge on any atom is -0.389 e. The van der Waals surface area contributed by atoms with Crippen molar-refractivity contribution in [2.45, 2.75) is 57.3 Å². The topological polar surface area (TPSA) is 54.8 Å². The van der Waals surface area contributed by atoms with E-state index >= 15 is 0 Å². The monoisotopic (exact) mass is 340 g/mol. The van der Waals surface area contributed by atoms with Crippen molar-refractivity contribution in [2.24, 2.45) is 0 Å². The van der Waals surface area contributed by atoms with Gasteiger partial charge in [0.05, 0.1) is 17.2 Å². The summed E-state index contributed by atoms with van der Waals surface area (Å²) in [6.45, 7) is 6.33. The highest BCUT2D eigenvalue weighted by Gasteiger charge is 2.33. The summed E-state index contributed by atoms with van der Waals surface area (Å²) in [5.74, 6) is 0. The lowest BCUT2D eigenvalue weighted by Crippen LogP contribution is -2.46. The zero-order valence-electron chi connectivity index (χ0n) is 14.0. The molecular weight excluding hydrogens is 312 g/mol. The van der Waals surface area contributed by atoms with Crippen molar-refractivity contribution in [1.29, 1.82) is 0 Å². The fourth-order valence-electron chi connectivity index (χ4n) is 3.29. The summed E-state index contributed by atoms with van der Waals surface area (Å²) in [5, 5.41) is 13.9. The Hall–Kier alpha value is -0.530. The molecule has 1 atom stereocenters. The maximum atomic E-state index is 10.8. The van der Waals surface area contributed by atoms with E-state index in [0.29, 0.717) is 6.42 Å². The first-order chi connectivity index (χ1) is 11.1. The lowest BCUT2D eigenvalue weighted by atomic mass is 9.88. The molecule has 0 spiro atoms. The van der Waals surface area contributed by atoms with E-state index in [9.17, 15) is 5.11 Å². The molecule has 0 aromatic carbocycles. The second-order valence-corrected chi connectivity index (χ2v) is 7.73. The van der Waals surface area contributed by atoms with Crippen LogP contribution in [-0.4, -0.2) is 59.7 Å². The first kappa shape index (κ1) is 17.3. The van der Waals surface area contributed by atoms with Crippen molar-refractivity contribution in [3.8, 4) is 0 Å². The van der Waals surface area contributed by atoms with Gasteiger partial charge in [0.15, 0.2) is 6.29 Å². The molecule has 3 rings (SSSR count). The minimum absolute atomic E-state index is 0.00128. The van der Waals surface area contributed by atoms with Crippen LogP contribution in [0, 0.1) is 6.92 Å². The van der Waals surface area contributed by atoms with E-state index in [-0.39, 0.29) is 6.29 Å². The standard InChI is InChI=1S/C17H28N2O3S/c1-14-13-23-15(18-14)12-17(20)5-7-19(8-6-17)9-11-22-16-4-2-3-10-21-16/h13,16,20H,2-12H2,1H3. The van der Waals surface area contributed by atoms with Crippen LogP contribution in [0.5, 0.6) is 0 Å². The number of piperidine rings is 1. The first-order valence-corrected chi connectivity index (χ1v) is 9.60. The van der Waals surface area contributed by atoms with Gasteiger partial charge in [-0.15, -0.1) is 11.3 Å². The van der Waals surface area contributed by atoms with Crippen molar-refractivity contribution in [1.82, 2.24) is 9.88 Å². The zero-order valence-corrected chi connectivity index (χ0v) is 14.8. The minimum atomic E-state index is -0.589. The Kier molecular flexibility index (Phi) is 6.04. The molecule has 3 heterocycles. The van der Waals surface area contributed by atoms with Crippen molar-refractivity contribution in [3.63, 3.8) is 0 Å². The van der Waals surface area contributed by atoms with Crippen LogP contribution >= 0.6 is 11.3 Å². The number of likely N-dealkylation sites (tertiary alicyclic amines) is 1. The highest BCUT2D eigenvalue weighted by atomic mass is 32.1. The highest BCUT2D eigenvalue weighted by Crippen LogP contribution is 2.27. The number of aliphatic hydroxyl groups is 1. The van der Waals surface area contributed by atoms with Crippen molar-refractivity contribution in [2.75, 3.05) is 32.8 Å². The van der Waals surface area contributed by atoms with Gasteiger partial charge in [0.1, 0.15) is 0 Å². The van der Waals surface area contributed by atoms with Crippen LogP contribution in [0.4, 0.5) is 0 Å². The number of aryl methyl sites for hydroxylation is 1. The summed E-state index contributed by atoms with van der Waals surface area (Å²) in [6, 6.07) is 0. The highest BCUT2D eigenvalue weighted by molar-refractivity contribution is 7.09. The number of aromatic nitrogens is 1. The Labute approximate surface area is 142 Å². The zero-order chi connectivity index (χ0) is 16.1. The summed E-state index contributed by atoms with van der Waals surface area (Å²) >= 11 is 1.65. The van der Waals surface area contributed by atoms with E-state index in [1.54, 1.807) is 11.3 Å². The van der Waals surface area contributed by atoms with Gasteiger partial charge in [-0.25, -0.2) is 4.98 Å². The molecule has 1 aromatic heterocycles.